The Bertz CT molecular complexity index is 973. The number of benzene rings is 1. The fourth-order valence-electron chi connectivity index (χ4n) is 4.35. The van der Waals surface area contributed by atoms with Crippen LogP contribution in [-0.4, -0.2) is 53.8 Å². The summed E-state index contributed by atoms with van der Waals surface area (Å²) >= 11 is 0. The number of amides is 3. The molecule has 0 spiro atoms. The third kappa shape index (κ3) is 4.74. The molecule has 3 amide bonds. The standard InChI is InChI=1S/C24H28N4O4/c1-2-32-20-8-4-3-7-19(20)28-16-18(15-22(28)29)24(31)27-13-10-17(11-14-27)23(30)26-21-9-5-6-12-25-21/h3-9,12,17-18H,2,10-11,13-16H2,1H3,(H,25,26,30). The lowest BCUT2D eigenvalue weighted by Gasteiger charge is -2.32. The fourth-order valence-corrected chi connectivity index (χ4v) is 4.35. The summed E-state index contributed by atoms with van der Waals surface area (Å²) in [6.07, 6.45) is 3.03. The normalized spacial score (nSPS) is 19.2. The van der Waals surface area contributed by atoms with Crippen LogP contribution in [0.5, 0.6) is 5.75 Å². The highest BCUT2D eigenvalue weighted by molar-refractivity contribution is 6.01. The van der Waals surface area contributed by atoms with Crippen LogP contribution in [0.3, 0.4) is 0 Å². The number of pyridine rings is 1. The second kappa shape index (κ2) is 9.80. The second-order valence-electron chi connectivity index (χ2n) is 8.11. The Labute approximate surface area is 187 Å². The number of anilines is 2. The Kier molecular flexibility index (Phi) is 6.68. The first kappa shape index (κ1) is 21.8. The van der Waals surface area contributed by atoms with Gasteiger partial charge in [0, 0.05) is 38.2 Å². The van der Waals surface area contributed by atoms with Crippen LogP contribution in [0.2, 0.25) is 0 Å². The Morgan fingerprint density at radius 2 is 1.84 bits per heavy atom. The lowest BCUT2D eigenvalue weighted by molar-refractivity contribution is -0.138. The van der Waals surface area contributed by atoms with Crippen LogP contribution in [-0.2, 0) is 14.4 Å². The largest absolute Gasteiger partial charge is 0.492 e. The fraction of sp³-hybridized carbons (Fsp3) is 0.417. The van der Waals surface area contributed by atoms with Crippen molar-refractivity contribution in [3.63, 3.8) is 0 Å². The van der Waals surface area contributed by atoms with Crippen molar-refractivity contribution < 1.29 is 19.1 Å². The van der Waals surface area contributed by atoms with E-state index in [2.05, 4.69) is 10.3 Å². The van der Waals surface area contributed by atoms with Crippen molar-refractivity contribution in [2.45, 2.75) is 26.2 Å². The summed E-state index contributed by atoms with van der Waals surface area (Å²) in [5.41, 5.74) is 0.708. The molecule has 2 aromatic rings. The highest BCUT2D eigenvalue weighted by atomic mass is 16.5. The molecule has 1 aromatic heterocycles. The number of nitrogens with one attached hydrogen (secondary N) is 1. The first-order valence-corrected chi connectivity index (χ1v) is 11.1. The molecule has 4 rings (SSSR count). The number of hydrogen-bond donors (Lipinski definition) is 1. The van der Waals surface area contributed by atoms with E-state index in [1.165, 1.54) is 0 Å². The molecule has 2 aliphatic heterocycles. The molecule has 0 aliphatic carbocycles. The zero-order valence-electron chi connectivity index (χ0n) is 18.2. The minimum atomic E-state index is -0.379. The maximum Gasteiger partial charge on any atom is 0.228 e. The number of likely N-dealkylation sites (tertiary alicyclic amines) is 1. The summed E-state index contributed by atoms with van der Waals surface area (Å²) < 4.78 is 5.66. The van der Waals surface area contributed by atoms with Crippen molar-refractivity contribution in [3.05, 3.63) is 48.7 Å². The van der Waals surface area contributed by atoms with Gasteiger partial charge in [0.25, 0.3) is 0 Å². The molecule has 1 unspecified atom stereocenters. The lowest BCUT2D eigenvalue weighted by Crippen LogP contribution is -2.44. The Morgan fingerprint density at radius 1 is 1.09 bits per heavy atom. The number of ether oxygens (including phenoxy) is 1. The molecule has 0 saturated carbocycles. The van der Waals surface area contributed by atoms with Crippen molar-refractivity contribution in [2.24, 2.45) is 11.8 Å². The van der Waals surface area contributed by atoms with Crippen molar-refractivity contribution in [1.82, 2.24) is 9.88 Å². The van der Waals surface area contributed by atoms with Gasteiger partial charge in [-0.15, -0.1) is 0 Å². The molecular formula is C24H28N4O4. The van der Waals surface area contributed by atoms with E-state index in [9.17, 15) is 14.4 Å². The van der Waals surface area contributed by atoms with Crippen LogP contribution in [0.15, 0.2) is 48.7 Å². The summed E-state index contributed by atoms with van der Waals surface area (Å²) in [5, 5.41) is 2.84. The molecule has 32 heavy (non-hydrogen) atoms. The number of rotatable bonds is 6. The van der Waals surface area contributed by atoms with Gasteiger partial charge in [-0.25, -0.2) is 4.98 Å². The van der Waals surface area contributed by atoms with Crippen LogP contribution in [0.4, 0.5) is 11.5 Å². The zero-order valence-corrected chi connectivity index (χ0v) is 18.2. The predicted octanol–water partition coefficient (Wildman–Crippen LogP) is 2.71. The number of piperidine rings is 1. The van der Waals surface area contributed by atoms with Crippen molar-refractivity contribution >= 4 is 29.2 Å². The van der Waals surface area contributed by atoms with Crippen molar-refractivity contribution in [2.75, 3.05) is 36.5 Å². The van der Waals surface area contributed by atoms with Gasteiger partial charge < -0.3 is 19.9 Å². The van der Waals surface area contributed by atoms with Crippen LogP contribution in [0, 0.1) is 11.8 Å². The molecule has 2 fully saturated rings. The van der Waals surface area contributed by atoms with Crippen LogP contribution >= 0.6 is 0 Å². The molecule has 0 bridgehead atoms. The third-order valence-corrected chi connectivity index (χ3v) is 6.02. The highest BCUT2D eigenvalue weighted by Crippen LogP contribution is 2.34. The molecule has 0 radical (unpaired) electrons. The summed E-state index contributed by atoms with van der Waals surface area (Å²) in [4.78, 5) is 45.9. The average Bonchev–Trinajstić information content (AvgIpc) is 3.21. The molecule has 1 N–H and O–H groups in total. The summed E-state index contributed by atoms with van der Waals surface area (Å²) in [7, 11) is 0. The van der Waals surface area contributed by atoms with Gasteiger partial charge in [0.1, 0.15) is 11.6 Å². The van der Waals surface area contributed by atoms with Gasteiger partial charge in [-0.3, -0.25) is 14.4 Å². The van der Waals surface area contributed by atoms with E-state index in [1.807, 2.05) is 37.3 Å². The van der Waals surface area contributed by atoms with Gasteiger partial charge in [0.05, 0.1) is 18.2 Å². The SMILES string of the molecule is CCOc1ccccc1N1CC(C(=O)N2CCC(C(=O)Nc3ccccn3)CC2)CC1=O. The maximum atomic E-state index is 13.1. The van der Waals surface area contributed by atoms with Gasteiger partial charge in [-0.1, -0.05) is 18.2 Å². The maximum absolute atomic E-state index is 13.1. The van der Waals surface area contributed by atoms with E-state index in [-0.39, 0.29) is 36.0 Å². The average molecular weight is 437 g/mol. The smallest absolute Gasteiger partial charge is 0.228 e. The van der Waals surface area contributed by atoms with Crippen LogP contribution in [0.25, 0.3) is 0 Å². The van der Waals surface area contributed by atoms with Crippen molar-refractivity contribution in [1.29, 1.82) is 0 Å². The van der Waals surface area contributed by atoms with E-state index in [1.54, 1.807) is 28.1 Å². The van der Waals surface area contributed by atoms with Gasteiger partial charge in [-0.05, 0) is 44.0 Å². The number of aromatic nitrogens is 1. The molecule has 1 atom stereocenters. The molecule has 8 nitrogen and oxygen atoms in total. The summed E-state index contributed by atoms with van der Waals surface area (Å²) in [6.45, 7) is 3.78. The molecule has 8 heteroatoms. The van der Waals surface area contributed by atoms with E-state index in [0.717, 1.165) is 0 Å². The lowest BCUT2D eigenvalue weighted by atomic mass is 9.94. The van der Waals surface area contributed by atoms with E-state index in [4.69, 9.17) is 4.74 Å². The summed E-state index contributed by atoms with van der Waals surface area (Å²) in [5.74, 6) is 0.505. The Balaban J connectivity index is 1.33. The first-order chi connectivity index (χ1) is 15.6. The quantitative estimate of drug-likeness (QED) is 0.752. The minimum absolute atomic E-state index is 0.0154. The molecule has 3 heterocycles. The van der Waals surface area contributed by atoms with Gasteiger partial charge in [0.2, 0.25) is 17.7 Å². The third-order valence-electron chi connectivity index (χ3n) is 6.02. The number of carbonyl (C=O) groups is 3. The van der Waals surface area contributed by atoms with Gasteiger partial charge >= 0.3 is 0 Å². The van der Waals surface area contributed by atoms with Crippen molar-refractivity contribution in [3.8, 4) is 5.75 Å². The minimum Gasteiger partial charge on any atom is -0.492 e. The zero-order chi connectivity index (χ0) is 22.5. The summed E-state index contributed by atoms with van der Waals surface area (Å²) in [6, 6.07) is 12.8. The number of carbonyl (C=O) groups excluding carboxylic acids is 3. The highest BCUT2D eigenvalue weighted by Gasteiger charge is 2.39. The second-order valence-corrected chi connectivity index (χ2v) is 8.11. The van der Waals surface area contributed by atoms with Gasteiger partial charge in [-0.2, -0.15) is 0 Å². The van der Waals surface area contributed by atoms with Gasteiger partial charge in [0.15, 0.2) is 0 Å². The number of nitrogens with zero attached hydrogens (tertiary/aromatic N) is 3. The van der Waals surface area contributed by atoms with E-state index < -0.39 is 0 Å². The topological polar surface area (TPSA) is 91.8 Å². The molecule has 2 aliphatic rings. The predicted molar refractivity (Wildman–Crippen MR) is 120 cm³/mol. The first-order valence-electron chi connectivity index (χ1n) is 11.1. The van der Waals surface area contributed by atoms with Crippen LogP contribution < -0.4 is 15.0 Å². The molecule has 168 valence electrons. The molecule has 1 aromatic carbocycles. The van der Waals surface area contributed by atoms with E-state index >= 15 is 0 Å². The molecular weight excluding hydrogens is 408 g/mol. The molecule has 2 saturated heterocycles. The Hall–Kier alpha value is -3.42. The monoisotopic (exact) mass is 436 g/mol. The van der Waals surface area contributed by atoms with Crippen LogP contribution in [0.1, 0.15) is 26.2 Å². The van der Waals surface area contributed by atoms with E-state index in [0.29, 0.717) is 56.3 Å². The Morgan fingerprint density at radius 3 is 2.56 bits per heavy atom. The number of hydrogen-bond acceptors (Lipinski definition) is 5. The number of para-hydroxylation sites is 2.